The highest BCUT2D eigenvalue weighted by molar-refractivity contribution is 5.84. The van der Waals surface area contributed by atoms with Crippen LogP contribution in [-0.2, 0) is 9.53 Å². The summed E-state index contributed by atoms with van der Waals surface area (Å²) in [6.07, 6.45) is 5.13. The fourth-order valence-electron chi connectivity index (χ4n) is 3.25. The maximum Gasteiger partial charge on any atom is 0.410 e. The molecule has 110 valence electrons. The molecule has 0 aromatic heterocycles. The van der Waals surface area contributed by atoms with Crippen LogP contribution in [0.4, 0.5) is 4.79 Å². The number of nitrogens with zero attached hydrogens (tertiary/aromatic N) is 2. The molecule has 1 saturated heterocycles. The molecular weight excluding hydrogens is 256 g/mol. The summed E-state index contributed by atoms with van der Waals surface area (Å²) in [5.74, 6) is 1.24. The number of allylic oxidation sites excluding steroid dienone is 1. The Morgan fingerprint density at radius 3 is 2.65 bits per heavy atom. The van der Waals surface area contributed by atoms with Crippen molar-refractivity contribution in [3.63, 3.8) is 0 Å². The Morgan fingerprint density at radius 2 is 2.10 bits per heavy atom. The molecule has 5 nitrogen and oxygen atoms in total. The molecule has 1 aliphatic heterocycles. The highest BCUT2D eigenvalue weighted by atomic mass is 16.6. The van der Waals surface area contributed by atoms with Gasteiger partial charge in [-0.3, -0.25) is 9.69 Å². The van der Waals surface area contributed by atoms with Crippen molar-refractivity contribution in [2.24, 2.45) is 11.8 Å². The number of rotatable bonds is 1. The number of hydrogen-bond donors (Lipinski definition) is 0. The van der Waals surface area contributed by atoms with Crippen LogP contribution >= 0.6 is 0 Å². The van der Waals surface area contributed by atoms with Gasteiger partial charge in [-0.05, 0) is 33.1 Å². The summed E-state index contributed by atoms with van der Waals surface area (Å²) in [7, 11) is 0. The van der Waals surface area contributed by atoms with E-state index >= 15 is 0 Å². The van der Waals surface area contributed by atoms with E-state index in [1.165, 1.54) is 4.90 Å². The molecule has 2 amide bonds. The number of carbonyl (C=O) groups is 2. The number of fused-ring (bicyclic) bond motifs is 1. The molecule has 5 heteroatoms. The molecule has 2 fully saturated rings. The van der Waals surface area contributed by atoms with Crippen LogP contribution in [0.2, 0.25) is 0 Å². The lowest BCUT2D eigenvalue weighted by molar-refractivity contribution is -0.136. The van der Waals surface area contributed by atoms with Gasteiger partial charge in [0.05, 0.1) is 0 Å². The van der Waals surface area contributed by atoms with Gasteiger partial charge in [0.1, 0.15) is 12.1 Å². The van der Waals surface area contributed by atoms with E-state index in [1.54, 1.807) is 0 Å². The lowest BCUT2D eigenvalue weighted by atomic mass is 10.2. The summed E-state index contributed by atoms with van der Waals surface area (Å²) < 4.78 is 5.32. The minimum atomic E-state index is -0.518. The summed E-state index contributed by atoms with van der Waals surface area (Å²) in [4.78, 5) is 27.7. The lowest BCUT2D eigenvalue weighted by Gasteiger charge is -2.35. The topological polar surface area (TPSA) is 49.9 Å². The first-order valence-corrected chi connectivity index (χ1v) is 7.31. The number of amides is 2. The van der Waals surface area contributed by atoms with E-state index in [2.05, 4.69) is 12.2 Å². The van der Waals surface area contributed by atoms with Crippen molar-refractivity contribution >= 4 is 12.0 Å². The maximum atomic E-state index is 12.2. The minimum absolute atomic E-state index is 0.0508. The highest BCUT2D eigenvalue weighted by Crippen LogP contribution is 2.51. The average molecular weight is 278 g/mol. The maximum absolute atomic E-state index is 12.2. The van der Waals surface area contributed by atoms with Gasteiger partial charge in [0.15, 0.2) is 0 Å². The van der Waals surface area contributed by atoms with Crippen LogP contribution in [0.1, 0.15) is 27.2 Å². The molecule has 0 spiro atoms. The Hall–Kier alpha value is -1.52. The Kier molecular flexibility index (Phi) is 3.03. The van der Waals surface area contributed by atoms with Gasteiger partial charge in [-0.1, -0.05) is 12.2 Å². The predicted octanol–water partition coefficient (Wildman–Crippen LogP) is 1.64. The molecule has 0 aromatic carbocycles. The van der Waals surface area contributed by atoms with Crippen LogP contribution in [0, 0.1) is 11.8 Å². The second kappa shape index (κ2) is 4.50. The van der Waals surface area contributed by atoms with E-state index in [9.17, 15) is 9.59 Å². The van der Waals surface area contributed by atoms with Gasteiger partial charge in [-0.15, -0.1) is 0 Å². The zero-order chi connectivity index (χ0) is 14.5. The molecule has 20 heavy (non-hydrogen) atoms. The van der Waals surface area contributed by atoms with Crippen molar-refractivity contribution in [2.45, 2.75) is 38.8 Å². The van der Waals surface area contributed by atoms with E-state index in [0.717, 1.165) is 6.42 Å². The summed E-state index contributed by atoms with van der Waals surface area (Å²) in [6.45, 7) is 6.85. The first-order chi connectivity index (χ1) is 9.37. The molecule has 3 rings (SSSR count). The second-order valence-corrected chi connectivity index (χ2v) is 6.88. The normalized spacial score (nSPS) is 32.4. The molecule has 3 unspecified atom stereocenters. The van der Waals surface area contributed by atoms with Crippen LogP contribution < -0.4 is 0 Å². The molecule has 2 aliphatic carbocycles. The molecule has 0 aromatic rings. The van der Waals surface area contributed by atoms with E-state index in [4.69, 9.17) is 4.74 Å². The molecule has 1 heterocycles. The third-order valence-electron chi connectivity index (χ3n) is 4.22. The molecule has 0 radical (unpaired) electrons. The third-order valence-corrected chi connectivity index (χ3v) is 4.22. The number of hydrogen-bond acceptors (Lipinski definition) is 3. The SMILES string of the molecule is CC(C)(C)OC(=O)N1CCN(C2C3C=CCC32)C(=O)C1. The molecule has 3 atom stereocenters. The molecule has 3 aliphatic rings. The molecule has 1 saturated carbocycles. The van der Waals surface area contributed by atoms with E-state index < -0.39 is 5.60 Å². The Labute approximate surface area is 119 Å². The summed E-state index contributed by atoms with van der Waals surface area (Å²) in [5, 5.41) is 0. The van der Waals surface area contributed by atoms with Crippen LogP contribution in [0.15, 0.2) is 12.2 Å². The fraction of sp³-hybridized carbons (Fsp3) is 0.733. The van der Waals surface area contributed by atoms with Crippen molar-refractivity contribution in [1.29, 1.82) is 0 Å². The Bertz CT molecular complexity index is 466. The zero-order valence-corrected chi connectivity index (χ0v) is 12.3. The van der Waals surface area contributed by atoms with Gasteiger partial charge in [-0.2, -0.15) is 0 Å². The third kappa shape index (κ3) is 2.41. The van der Waals surface area contributed by atoms with Gasteiger partial charge in [0.2, 0.25) is 5.91 Å². The minimum Gasteiger partial charge on any atom is -0.444 e. The summed E-state index contributed by atoms with van der Waals surface area (Å²) in [5.41, 5.74) is -0.518. The number of piperazine rings is 1. The predicted molar refractivity (Wildman–Crippen MR) is 74.0 cm³/mol. The smallest absolute Gasteiger partial charge is 0.410 e. The number of ether oxygens (including phenoxy) is 1. The molecular formula is C15H22N2O3. The monoisotopic (exact) mass is 278 g/mol. The van der Waals surface area contributed by atoms with Crippen molar-refractivity contribution in [3.05, 3.63) is 12.2 Å². The van der Waals surface area contributed by atoms with Crippen LogP contribution in [0.5, 0.6) is 0 Å². The summed E-state index contributed by atoms with van der Waals surface area (Å²) in [6, 6.07) is 0.383. The van der Waals surface area contributed by atoms with Crippen molar-refractivity contribution < 1.29 is 14.3 Å². The molecule has 0 bridgehead atoms. The van der Waals surface area contributed by atoms with E-state index in [-0.39, 0.29) is 18.5 Å². The van der Waals surface area contributed by atoms with Crippen LogP contribution in [0.25, 0.3) is 0 Å². The van der Waals surface area contributed by atoms with Crippen molar-refractivity contribution in [3.8, 4) is 0 Å². The fourth-order valence-corrected chi connectivity index (χ4v) is 3.25. The number of carbonyl (C=O) groups excluding carboxylic acids is 2. The van der Waals surface area contributed by atoms with Gasteiger partial charge < -0.3 is 9.64 Å². The van der Waals surface area contributed by atoms with Gasteiger partial charge in [0, 0.05) is 25.0 Å². The lowest BCUT2D eigenvalue weighted by Crippen LogP contribution is -2.54. The van der Waals surface area contributed by atoms with E-state index in [0.29, 0.717) is 31.0 Å². The van der Waals surface area contributed by atoms with Gasteiger partial charge >= 0.3 is 6.09 Å². The Morgan fingerprint density at radius 1 is 1.35 bits per heavy atom. The van der Waals surface area contributed by atoms with Crippen molar-refractivity contribution in [2.75, 3.05) is 19.6 Å². The summed E-state index contributed by atoms with van der Waals surface area (Å²) >= 11 is 0. The first-order valence-electron chi connectivity index (χ1n) is 7.31. The van der Waals surface area contributed by atoms with Gasteiger partial charge in [0.25, 0.3) is 0 Å². The molecule has 0 N–H and O–H groups in total. The largest absolute Gasteiger partial charge is 0.444 e. The second-order valence-electron chi connectivity index (χ2n) is 6.88. The van der Waals surface area contributed by atoms with Crippen LogP contribution in [-0.4, -0.2) is 53.1 Å². The zero-order valence-electron chi connectivity index (χ0n) is 12.3. The van der Waals surface area contributed by atoms with Gasteiger partial charge in [-0.25, -0.2) is 4.79 Å². The van der Waals surface area contributed by atoms with Crippen LogP contribution in [0.3, 0.4) is 0 Å². The van der Waals surface area contributed by atoms with Crippen molar-refractivity contribution in [1.82, 2.24) is 9.80 Å². The standard InChI is InChI=1S/C15H22N2O3/c1-15(2,3)20-14(19)16-7-8-17(12(18)9-16)13-10-5-4-6-11(10)13/h4-5,10-11,13H,6-9H2,1-3H3. The quantitative estimate of drug-likeness (QED) is 0.685. The first kappa shape index (κ1) is 13.5. The Balaban J connectivity index is 1.56. The highest BCUT2D eigenvalue weighted by Gasteiger charge is 2.55. The average Bonchev–Trinajstić information content (AvgIpc) is 2.80. The van der Waals surface area contributed by atoms with E-state index in [1.807, 2.05) is 25.7 Å².